The van der Waals surface area contributed by atoms with E-state index in [1.165, 1.54) is 22.9 Å². The predicted molar refractivity (Wildman–Crippen MR) is 79.3 cm³/mol. The van der Waals surface area contributed by atoms with Crippen molar-refractivity contribution in [3.8, 4) is 0 Å². The molecule has 1 heterocycles. The second-order valence-electron chi connectivity index (χ2n) is 5.15. The summed E-state index contributed by atoms with van der Waals surface area (Å²) in [7, 11) is 0. The summed E-state index contributed by atoms with van der Waals surface area (Å²) in [4.78, 5) is 26.5. The Morgan fingerprint density at radius 1 is 1.27 bits per heavy atom. The number of halogens is 1. The number of rotatable bonds is 6. The van der Waals surface area contributed by atoms with Crippen LogP contribution in [0.5, 0.6) is 0 Å². The van der Waals surface area contributed by atoms with Gasteiger partial charge in [-0.2, -0.15) is 4.98 Å². The van der Waals surface area contributed by atoms with Gasteiger partial charge < -0.3 is 9.67 Å². The molecule has 0 spiro atoms. The normalized spacial score (nSPS) is 10.6. The van der Waals surface area contributed by atoms with Gasteiger partial charge in [-0.15, -0.1) is 0 Å². The van der Waals surface area contributed by atoms with Gasteiger partial charge in [-0.05, 0) is 37.5 Å². The molecule has 0 atom stereocenters. The van der Waals surface area contributed by atoms with Gasteiger partial charge in [0.05, 0.1) is 0 Å². The average Bonchev–Trinajstić information content (AvgIpc) is 2.45. The summed E-state index contributed by atoms with van der Waals surface area (Å²) >= 11 is 0. The van der Waals surface area contributed by atoms with E-state index in [-0.39, 0.29) is 17.9 Å². The lowest BCUT2D eigenvalue weighted by Gasteiger charge is -2.11. The number of carbonyl (C=O) groups is 1. The van der Waals surface area contributed by atoms with Crippen LogP contribution in [0.4, 0.5) is 4.39 Å². The van der Waals surface area contributed by atoms with E-state index in [9.17, 15) is 14.0 Å². The second kappa shape index (κ2) is 6.98. The number of carboxylic acids is 1. The number of benzene rings is 1. The van der Waals surface area contributed by atoms with Crippen molar-refractivity contribution in [1.29, 1.82) is 0 Å². The predicted octanol–water partition coefficient (Wildman–Crippen LogP) is 1.95. The Balaban J connectivity index is 2.07. The van der Waals surface area contributed by atoms with Gasteiger partial charge in [-0.25, -0.2) is 4.39 Å². The smallest absolute Gasteiger partial charge is 0.323 e. The highest BCUT2D eigenvalue weighted by molar-refractivity contribution is 5.66. The van der Waals surface area contributed by atoms with E-state index in [2.05, 4.69) is 4.98 Å². The molecule has 1 aromatic carbocycles. The van der Waals surface area contributed by atoms with E-state index in [1.54, 1.807) is 19.1 Å². The molecule has 0 fully saturated rings. The minimum Gasteiger partial charge on any atom is -0.480 e. The van der Waals surface area contributed by atoms with Gasteiger partial charge in [0.25, 0.3) is 5.56 Å². The fourth-order valence-electron chi connectivity index (χ4n) is 2.22. The topological polar surface area (TPSA) is 72.2 Å². The third-order valence-corrected chi connectivity index (χ3v) is 3.33. The zero-order chi connectivity index (χ0) is 16.1. The molecule has 0 aliphatic rings. The van der Waals surface area contributed by atoms with Gasteiger partial charge in [-0.3, -0.25) is 9.59 Å². The van der Waals surface area contributed by atoms with Crippen LogP contribution in [0.2, 0.25) is 0 Å². The highest BCUT2D eigenvalue weighted by atomic mass is 19.1. The van der Waals surface area contributed by atoms with E-state index < -0.39 is 5.97 Å². The minimum atomic E-state index is -0.982. The maximum atomic E-state index is 12.8. The summed E-state index contributed by atoms with van der Waals surface area (Å²) in [6.07, 6.45) is 3.41. The molecule has 0 saturated carbocycles. The number of aryl methyl sites for hydroxylation is 3. The molecule has 0 bridgehead atoms. The zero-order valence-electron chi connectivity index (χ0n) is 12.3. The Morgan fingerprint density at radius 3 is 2.59 bits per heavy atom. The van der Waals surface area contributed by atoms with Crippen molar-refractivity contribution in [1.82, 2.24) is 9.55 Å². The van der Waals surface area contributed by atoms with E-state index in [1.807, 2.05) is 0 Å². The quantitative estimate of drug-likeness (QED) is 0.885. The molecule has 22 heavy (non-hydrogen) atoms. The molecule has 0 saturated heterocycles. The van der Waals surface area contributed by atoms with Gasteiger partial charge in [0.15, 0.2) is 0 Å². The van der Waals surface area contributed by atoms with Crippen molar-refractivity contribution in [2.24, 2.45) is 0 Å². The Labute approximate surface area is 127 Å². The molecular weight excluding hydrogens is 287 g/mol. The lowest BCUT2D eigenvalue weighted by molar-refractivity contribution is -0.137. The van der Waals surface area contributed by atoms with Gasteiger partial charge in [0.2, 0.25) is 0 Å². The van der Waals surface area contributed by atoms with Gasteiger partial charge >= 0.3 is 5.97 Å². The summed E-state index contributed by atoms with van der Waals surface area (Å²) in [6, 6.07) is 6.23. The molecule has 0 aliphatic carbocycles. The Morgan fingerprint density at radius 2 is 1.95 bits per heavy atom. The molecule has 6 heteroatoms. The number of nitrogens with zero attached hydrogens (tertiary/aromatic N) is 2. The molecule has 0 aliphatic heterocycles. The minimum absolute atomic E-state index is 0.222. The summed E-state index contributed by atoms with van der Waals surface area (Å²) in [6.45, 7) is 1.38. The highest BCUT2D eigenvalue weighted by Gasteiger charge is 2.09. The largest absolute Gasteiger partial charge is 0.480 e. The number of carboxylic acid groups (broad SMARTS) is 1. The van der Waals surface area contributed by atoms with Crippen LogP contribution in [0.3, 0.4) is 0 Å². The number of hydrogen-bond acceptors (Lipinski definition) is 3. The summed E-state index contributed by atoms with van der Waals surface area (Å²) < 4.78 is 14.3. The molecule has 116 valence electrons. The first-order valence-corrected chi connectivity index (χ1v) is 6.99. The number of aromatic nitrogens is 2. The molecular formula is C16H17FN2O3. The van der Waals surface area contributed by atoms with E-state index in [0.717, 1.165) is 5.56 Å². The van der Waals surface area contributed by atoms with Crippen LogP contribution in [-0.2, 0) is 24.2 Å². The van der Waals surface area contributed by atoms with Crippen molar-refractivity contribution in [3.63, 3.8) is 0 Å². The second-order valence-corrected chi connectivity index (χ2v) is 5.15. The van der Waals surface area contributed by atoms with Crippen molar-refractivity contribution in [2.45, 2.75) is 32.7 Å². The van der Waals surface area contributed by atoms with E-state index >= 15 is 0 Å². The number of hydrogen-bond donors (Lipinski definition) is 1. The molecule has 0 unspecified atom stereocenters. The third kappa shape index (κ3) is 4.25. The van der Waals surface area contributed by atoms with Crippen molar-refractivity contribution in [3.05, 3.63) is 63.6 Å². The van der Waals surface area contributed by atoms with Gasteiger partial charge in [-0.1, -0.05) is 12.1 Å². The maximum absolute atomic E-state index is 12.8. The van der Waals surface area contributed by atoms with Crippen LogP contribution in [0, 0.1) is 12.7 Å². The zero-order valence-corrected chi connectivity index (χ0v) is 12.3. The van der Waals surface area contributed by atoms with Gasteiger partial charge in [0, 0.05) is 18.2 Å². The lowest BCUT2D eigenvalue weighted by Crippen LogP contribution is -2.22. The molecule has 5 nitrogen and oxygen atoms in total. The van der Waals surface area contributed by atoms with Gasteiger partial charge in [0.1, 0.15) is 18.2 Å². The van der Waals surface area contributed by atoms with Crippen LogP contribution in [0.25, 0.3) is 0 Å². The van der Waals surface area contributed by atoms with E-state index in [4.69, 9.17) is 5.11 Å². The Kier molecular flexibility index (Phi) is 5.04. The van der Waals surface area contributed by atoms with Crippen molar-refractivity contribution in [2.75, 3.05) is 0 Å². The lowest BCUT2D eigenvalue weighted by atomic mass is 10.1. The third-order valence-electron chi connectivity index (χ3n) is 3.33. The van der Waals surface area contributed by atoms with Crippen molar-refractivity contribution < 1.29 is 14.3 Å². The molecule has 2 aromatic rings. The average molecular weight is 304 g/mol. The Bertz CT molecular complexity index is 723. The van der Waals surface area contributed by atoms with E-state index in [0.29, 0.717) is 30.7 Å². The first-order valence-electron chi connectivity index (χ1n) is 6.99. The van der Waals surface area contributed by atoms with Crippen LogP contribution < -0.4 is 5.56 Å². The first kappa shape index (κ1) is 15.9. The monoisotopic (exact) mass is 304 g/mol. The summed E-state index contributed by atoms with van der Waals surface area (Å²) in [5, 5.41) is 8.92. The van der Waals surface area contributed by atoms with Crippen LogP contribution >= 0.6 is 0 Å². The van der Waals surface area contributed by atoms with Crippen LogP contribution in [0.1, 0.15) is 23.4 Å². The fourth-order valence-corrected chi connectivity index (χ4v) is 2.22. The molecule has 1 N–H and O–H groups in total. The molecule has 0 amide bonds. The molecule has 2 rings (SSSR count). The summed E-state index contributed by atoms with van der Waals surface area (Å²) in [5.74, 6) is -0.802. The first-order chi connectivity index (χ1) is 10.5. The standard InChI is InChI=1S/C16H17FN2O3/c1-11-9-19(10-15(20)21)14(18-16(11)22)4-2-3-12-5-7-13(17)8-6-12/h5-9H,2-4,10H2,1H3,(H,20,21). The SMILES string of the molecule is Cc1cn(CC(=O)O)c(CCCc2ccc(F)cc2)nc1=O. The van der Waals surface area contributed by atoms with Crippen LogP contribution in [0.15, 0.2) is 35.3 Å². The highest BCUT2D eigenvalue weighted by Crippen LogP contribution is 2.08. The molecule has 0 radical (unpaired) electrons. The Hall–Kier alpha value is -2.50. The fraction of sp³-hybridized carbons (Fsp3) is 0.312. The number of aliphatic carboxylic acids is 1. The van der Waals surface area contributed by atoms with Crippen molar-refractivity contribution >= 4 is 5.97 Å². The maximum Gasteiger partial charge on any atom is 0.323 e. The summed E-state index contributed by atoms with van der Waals surface area (Å²) in [5.41, 5.74) is 1.07. The molecule has 1 aromatic heterocycles. The van der Waals surface area contributed by atoms with Crippen LogP contribution in [-0.4, -0.2) is 20.6 Å².